The van der Waals surface area contributed by atoms with Gasteiger partial charge in [0.25, 0.3) is 11.5 Å². The van der Waals surface area contributed by atoms with Crippen LogP contribution in [0.25, 0.3) is 16.6 Å². The monoisotopic (exact) mass is 458 g/mol. The Labute approximate surface area is 199 Å². The number of para-hydroxylation sites is 1. The van der Waals surface area contributed by atoms with Crippen LogP contribution in [-0.4, -0.2) is 52.4 Å². The van der Waals surface area contributed by atoms with Gasteiger partial charge in [0.1, 0.15) is 5.82 Å². The van der Waals surface area contributed by atoms with Crippen molar-refractivity contribution >= 4 is 16.8 Å². The molecule has 4 rings (SSSR count). The van der Waals surface area contributed by atoms with Crippen LogP contribution >= 0.6 is 0 Å². The molecule has 0 aliphatic rings. The molecule has 0 aliphatic heterocycles. The molecule has 0 fully saturated rings. The van der Waals surface area contributed by atoms with E-state index in [4.69, 9.17) is 9.40 Å². The van der Waals surface area contributed by atoms with E-state index in [0.29, 0.717) is 36.2 Å². The summed E-state index contributed by atoms with van der Waals surface area (Å²) in [5, 5.41) is 0.541. The highest BCUT2D eigenvalue weighted by Gasteiger charge is 2.30. The van der Waals surface area contributed by atoms with Crippen LogP contribution in [-0.2, 0) is 0 Å². The van der Waals surface area contributed by atoms with E-state index in [9.17, 15) is 9.59 Å². The maximum atomic E-state index is 13.8. The standard InChI is InChI=1S/C27H30N4O3/c1-5-23(30(16-15-29(3)4)27(33)24-14-9-17-34-24)25-28-22-13-7-6-12-21(22)26(32)31(25)20-11-8-10-19(2)18-20/h6-14,17-18,23H,5,15-16H2,1-4H3. The van der Waals surface area contributed by atoms with E-state index in [1.807, 2.05) is 75.3 Å². The van der Waals surface area contributed by atoms with E-state index in [2.05, 4.69) is 0 Å². The number of aryl methyl sites for hydroxylation is 1. The molecule has 1 atom stereocenters. The first-order chi connectivity index (χ1) is 16.4. The molecule has 1 unspecified atom stereocenters. The predicted molar refractivity (Wildman–Crippen MR) is 133 cm³/mol. The third-order valence-corrected chi connectivity index (χ3v) is 5.90. The highest BCUT2D eigenvalue weighted by atomic mass is 16.3. The Morgan fingerprint density at radius 1 is 1.06 bits per heavy atom. The summed E-state index contributed by atoms with van der Waals surface area (Å²) in [5.74, 6) is 0.579. The minimum Gasteiger partial charge on any atom is -0.459 e. The smallest absolute Gasteiger partial charge is 0.290 e. The molecule has 2 aromatic carbocycles. The Bertz CT molecular complexity index is 1340. The number of carbonyl (C=O) groups excluding carboxylic acids is 1. The first-order valence-electron chi connectivity index (χ1n) is 11.5. The van der Waals surface area contributed by atoms with Crippen molar-refractivity contribution in [1.82, 2.24) is 19.4 Å². The molecule has 1 amide bonds. The fraction of sp³-hybridized carbons (Fsp3) is 0.296. The van der Waals surface area contributed by atoms with Gasteiger partial charge in [-0.25, -0.2) is 4.98 Å². The molecule has 2 aromatic heterocycles. The summed E-state index contributed by atoms with van der Waals surface area (Å²) >= 11 is 0. The van der Waals surface area contributed by atoms with Crippen LogP contribution in [0.15, 0.2) is 76.1 Å². The summed E-state index contributed by atoms with van der Waals surface area (Å²) in [4.78, 5) is 36.0. The molecule has 4 aromatic rings. The van der Waals surface area contributed by atoms with Crippen molar-refractivity contribution in [2.75, 3.05) is 27.2 Å². The number of furan rings is 1. The normalized spacial score (nSPS) is 12.3. The number of likely N-dealkylation sites (N-methyl/N-ethyl adjacent to an activating group) is 1. The van der Waals surface area contributed by atoms with Gasteiger partial charge in [-0.2, -0.15) is 0 Å². The Morgan fingerprint density at radius 2 is 1.85 bits per heavy atom. The summed E-state index contributed by atoms with van der Waals surface area (Å²) in [5.41, 5.74) is 2.23. The number of carbonyl (C=O) groups is 1. The van der Waals surface area contributed by atoms with E-state index in [0.717, 1.165) is 11.3 Å². The fourth-order valence-electron chi connectivity index (χ4n) is 4.18. The lowest BCUT2D eigenvalue weighted by molar-refractivity contribution is 0.0611. The van der Waals surface area contributed by atoms with E-state index in [1.165, 1.54) is 6.26 Å². The molecule has 2 heterocycles. The third kappa shape index (κ3) is 4.65. The summed E-state index contributed by atoms with van der Waals surface area (Å²) in [7, 11) is 3.93. The van der Waals surface area contributed by atoms with Crippen LogP contribution in [0.4, 0.5) is 0 Å². The Hall–Kier alpha value is -3.71. The van der Waals surface area contributed by atoms with Gasteiger partial charge in [0.15, 0.2) is 5.76 Å². The second-order valence-electron chi connectivity index (χ2n) is 8.67. The predicted octanol–water partition coefficient (Wildman–Crippen LogP) is 4.44. The van der Waals surface area contributed by atoms with Gasteiger partial charge in [-0.05, 0) is 69.4 Å². The number of hydrogen-bond donors (Lipinski definition) is 0. The Balaban J connectivity index is 1.94. The quantitative estimate of drug-likeness (QED) is 0.390. The van der Waals surface area contributed by atoms with E-state index in [1.54, 1.807) is 27.7 Å². The average Bonchev–Trinajstić information content (AvgIpc) is 3.36. The van der Waals surface area contributed by atoms with Gasteiger partial charge < -0.3 is 14.2 Å². The molecular weight excluding hydrogens is 428 g/mol. The van der Waals surface area contributed by atoms with Gasteiger partial charge in [0.2, 0.25) is 0 Å². The molecule has 0 radical (unpaired) electrons. The molecule has 0 aliphatic carbocycles. The molecule has 0 saturated heterocycles. The molecule has 7 heteroatoms. The summed E-state index contributed by atoms with van der Waals surface area (Å²) < 4.78 is 7.10. The maximum Gasteiger partial charge on any atom is 0.290 e. The zero-order chi connectivity index (χ0) is 24.2. The number of nitrogens with zero attached hydrogens (tertiary/aromatic N) is 4. The van der Waals surface area contributed by atoms with Gasteiger partial charge in [-0.1, -0.05) is 31.2 Å². The van der Waals surface area contributed by atoms with Crippen LogP contribution in [0.5, 0.6) is 0 Å². The molecule has 7 nitrogen and oxygen atoms in total. The van der Waals surface area contributed by atoms with Crippen molar-refractivity contribution in [3.05, 3.63) is 94.4 Å². The van der Waals surface area contributed by atoms with E-state index in [-0.39, 0.29) is 17.2 Å². The molecule has 0 saturated carbocycles. The minimum atomic E-state index is -0.435. The largest absolute Gasteiger partial charge is 0.459 e. The van der Waals surface area contributed by atoms with Crippen LogP contribution in [0, 0.1) is 6.92 Å². The number of hydrogen-bond acceptors (Lipinski definition) is 5. The fourth-order valence-corrected chi connectivity index (χ4v) is 4.18. The second kappa shape index (κ2) is 10.1. The van der Waals surface area contributed by atoms with Crippen molar-refractivity contribution in [2.45, 2.75) is 26.3 Å². The van der Waals surface area contributed by atoms with E-state index >= 15 is 0 Å². The van der Waals surface area contributed by atoms with Crippen molar-refractivity contribution in [1.29, 1.82) is 0 Å². The topological polar surface area (TPSA) is 71.6 Å². The third-order valence-electron chi connectivity index (χ3n) is 5.90. The molecule has 34 heavy (non-hydrogen) atoms. The molecule has 0 bridgehead atoms. The first-order valence-corrected chi connectivity index (χ1v) is 11.5. The number of aromatic nitrogens is 2. The van der Waals surface area contributed by atoms with Gasteiger partial charge in [-0.15, -0.1) is 0 Å². The summed E-state index contributed by atoms with van der Waals surface area (Å²) in [6.45, 7) is 5.11. The number of amides is 1. The number of fused-ring (bicyclic) bond motifs is 1. The van der Waals surface area contributed by atoms with Crippen molar-refractivity contribution < 1.29 is 9.21 Å². The molecule has 176 valence electrons. The van der Waals surface area contributed by atoms with Crippen LogP contribution in [0.1, 0.15) is 41.3 Å². The van der Waals surface area contributed by atoms with E-state index < -0.39 is 6.04 Å². The van der Waals surface area contributed by atoms with Crippen LogP contribution in [0.3, 0.4) is 0 Å². The highest BCUT2D eigenvalue weighted by molar-refractivity contribution is 5.91. The highest BCUT2D eigenvalue weighted by Crippen LogP contribution is 2.27. The number of benzene rings is 2. The zero-order valence-corrected chi connectivity index (χ0v) is 20.1. The zero-order valence-electron chi connectivity index (χ0n) is 20.1. The summed E-state index contributed by atoms with van der Waals surface area (Å²) in [6.07, 6.45) is 2.08. The van der Waals surface area contributed by atoms with Crippen molar-refractivity contribution in [3.8, 4) is 5.69 Å². The lowest BCUT2D eigenvalue weighted by Gasteiger charge is -2.32. The van der Waals surface area contributed by atoms with Gasteiger partial charge in [0, 0.05) is 13.1 Å². The van der Waals surface area contributed by atoms with Crippen LogP contribution in [0.2, 0.25) is 0 Å². The molecular formula is C27H30N4O3. The first kappa shape index (κ1) is 23.4. The Morgan fingerprint density at radius 3 is 2.53 bits per heavy atom. The van der Waals surface area contributed by atoms with Crippen molar-refractivity contribution in [3.63, 3.8) is 0 Å². The molecule has 0 N–H and O–H groups in total. The lowest BCUT2D eigenvalue weighted by atomic mass is 10.1. The van der Waals surface area contributed by atoms with Crippen LogP contribution < -0.4 is 5.56 Å². The number of rotatable bonds is 8. The van der Waals surface area contributed by atoms with Gasteiger partial charge >= 0.3 is 0 Å². The second-order valence-corrected chi connectivity index (χ2v) is 8.67. The van der Waals surface area contributed by atoms with Gasteiger partial charge in [-0.3, -0.25) is 14.2 Å². The van der Waals surface area contributed by atoms with Gasteiger partial charge in [0.05, 0.1) is 28.9 Å². The SMILES string of the molecule is CCC(c1nc2ccccc2c(=O)n1-c1cccc(C)c1)N(CCN(C)C)C(=O)c1ccco1. The molecule has 0 spiro atoms. The summed E-state index contributed by atoms with van der Waals surface area (Å²) in [6, 6.07) is 18.1. The maximum absolute atomic E-state index is 13.8. The lowest BCUT2D eigenvalue weighted by Crippen LogP contribution is -2.41. The van der Waals surface area contributed by atoms with Crippen molar-refractivity contribution in [2.24, 2.45) is 0 Å². The minimum absolute atomic E-state index is 0.150. The average molecular weight is 459 g/mol. The Kier molecular flexibility index (Phi) is 6.93.